The fraction of sp³-hybridized carbons (Fsp3) is 0.231. The van der Waals surface area contributed by atoms with Gasteiger partial charge in [-0.25, -0.2) is 13.2 Å². The molecule has 2 aromatic rings. The zero-order valence-electron chi connectivity index (χ0n) is 11.5. The third-order valence-electron chi connectivity index (χ3n) is 2.84. The molecule has 0 aliphatic carbocycles. The van der Waals surface area contributed by atoms with E-state index in [0.29, 0.717) is 11.3 Å². The van der Waals surface area contributed by atoms with Gasteiger partial charge in [0, 0.05) is 6.07 Å². The molecule has 0 spiro atoms. The molecule has 112 valence electrons. The standard InChI is InChI=1S/C13H14N2O5S/c1-8-6-10(14-20-8)7-21(18,19)15-12-5-3-4-11(9(12)2)13(16)17/h3-6,15H,7H2,1-2H3,(H,16,17). The molecule has 1 aromatic heterocycles. The molecule has 21 heavy (non-hydrogen) atoms. The van der Waals surface area contributed by atoms with Crippen LogP contribution in [0.4, 0.5) is 5.69 Å². The quantitative estimate of drug-likeness (QED) is 0.873. The minimum Gasteiger partial charge on any atom is -0.478 e. The molecule has 0 saturated carbocycles. The number of carboxylic acids is 1. The van der Waals surface area contributed by atoms with E-state index in [2.05, 4.69) is 9.88 Å². The van der Waals surface area contributed by atoms with Gasteiger partial charge in [0.05, 0.1) is 11.3 Å². The first-order valence-corrected chi connectivity index (χ1v) is 7.69. The van der Waals surface area contributed by atoms with Crippen LogP contribution in [-0.2, 0) is 15.8 Å². The molecule has 1 heterocycles. The Kier molecular flexibility index (Phi) is 3.99. The Balaban J connectivity index is 2.25. The Morgan fingerprint density at radius 1 is 1.38 bits per heavy atom. The molecule has 0 amide bonds. The van der Waals surface area contributed by atoms with Gasteiger partial charge in [-0.1, -0.05) is 11.2 Å². The largest absolute Gasteiger partial charge is 0.478 e. The van der Waals surface area contributed by atoms with Crippen molar-refractivity contribution in [1.82, 2.24) is 5.16 Å². The van der Waals surface area contributed by atoms with Crippen LogP contribution in [0.15, 0.2) is 28.8 Å². The lowest BCUT2D eigenvalue weighted by atomic mass is 10.1. The maximum Gasteiger partial charge on any atom is 0.336 e. The first-order valence-electron chi connectivity index (χ1n) is 6.04. The van der Waals surface area contributed by atoms with E-state index in [1.807, 2.05) is 0 Å². The van der Waals surface area contributed by atoms with E-state index in [4.69, 9.17) is 9.63 Å². The number of carboxylic acid groups (broad SMARTS) is 1. The molecule has 0 saturated heterocycles. The van der Waals surface area contributed by atoms with E-state index in [1.54, 1.807) is 13.8 Å². The van der Waals surface area contributed by atoms with E-state index < -0.39 is 16.0 Å². The van der Waals surface area contributed by atoms with E-state index in [0.717, 1.165) is 0 Å². The molecule has 2 rings (SSSR count). The number of aromatic carboxylic acids is 1. The highest BCUT2D eigenvalue weighted by Crippen LogP contribution is 2.21. The SMILES string of the molecule is Cc1cc(CS(=O)(=O)Nc2cccc(C(=O)O)c2C)no1. The first-order chi connectivity index (χ1) is 9.78. The Morgan fingerprint density at radius 2 is 2.10 bits per heavy atom. The number of carbonyl (C=O) groups is 1. The number of hydrogen-bond donors (Lipinski definition) is 2. The normalized spacial score (nSPS) is 11.3. The van der Waals surface area contributed by atoms with E-state index >= 15 is 0 Å². The lowest BCUT2D eigenvalue weighted by molar-refractivity contribution is 0.0696. The summed E-state index contributed by atoms with van der Waals surface area (Å²) in [5, 5.41) is 12.6. The van der Waals surface area contributed by atoms with Crippen molar-refractivity contribution in [3.63, 3.8) is 0 Å². The smallest absolute Gasteiger partial charge is 0.336 e. The lowest BCUT2D eigenvalue weighted by Crippen LogP contribution is -2.16. The molecule has 0 atom stereocenters. The number of benzene rings is 1. The van der Waals surface area contributed by atoms with Crippen molar-refractivity contribution in [2.45, 2.75) is 19.6 Å². The van der Waals surface area contributed by atoms with Gasteiger partial charge >= 0.3 is 5.97 Å². The third-order valence-corrected chi connectivity index (χ3v) is 4.05. The molecular weight excluding hydrogens is 296 g/mol. The van der Waals surface area contributed by atoms with Crippen LogP contribution in [-0.4, -0.2) is 24.7 Å². The van der Waals surface area contributed by atoms with Crippen molar-refractivity contribution >= 4 is 21.7 Å². The molecule has 0 radical (unpaired) electrons. The Hall–Kier alpha value is -2.35. The highest BCUT2D eigenvalue weighted by atomic mass is 32.2. The van der Waals surface area contributed by atoms with Gasteiger partial charge in [0.15, 0.2) is 0 Å². The van der Waals surface area contributed by atoms with Crippen molar-refractivity contribution in [3.8, 4) is 0 Å². The van der Waals surface area contributed by atoms with Crippen molar-refractivity contribution in [2.24, 2.45) is 0 Å². The van der Waals surface area contributed by atoms with Crippen LogP contribution in [0.1, 0.15) is 27.4 Å². The van der Waals surface area contributed by atoms with Crippen LogP contribution < -0.4 is 4.72 Å². The van der Waals surface area contributed by atoms with Crippen LogP contribution in [0.5, 0.6) is 0 Å². The van der Waals surface area contributed by atoms with E-state index in [1.165, 1.54) is 24.3 Å². The van der Waals surface area contributed by atoms with Crippen molar-refractivity contribution in [2.75, 3.05) is 4.72 Å². The average molecular weight is 310 g/mol. The number of hydrogen-bond acceptors (Lipinski definition) is 5. The first kappa shape index (κ1) is 15.0. The Bertz CT molecular complexity index is 780. The fourth-order valence-electron chi connectivity index (χ4n) is 1.86. The summed E-state index contributed by atoms with van der Waals surface area (Å²) in [6, 6.07) is 5.93. The minimum absolute atomic E-state index is 0.0486. The van der Waals surface area contributed by atoms with Crippen molar-refractivity contribution in [3.05, 3.63) is 46.8 Å². The van der Waals surface area contributed by atoms with Gasteiger partial charge in [-0.15, -0.1) is 0 Å². The lowest BCUT2D eigenvalue weighted by Gasteiger charge is -2.11. The van der Waals surface area contributed by atoms with Gasteiger partial charge in [-0.05, 0) is 31.5 Å². The summed E-state index contributed by atoms with van der Waals surface area (Å²) in [4.78, 5) is 11.0. The summed E-state index contributed by atoms with van der Waals surface area (Å²) in [5.41, 5.74) is 0.916. The summed E-state index contributed by atoms with van der Waals surface area (Å²) < 4.78 is 31.3. The fourth-order valence-corrected chi connectivity index (χ4v) is 3.02. The van der Waals surface area contributed by atoms with Crippen LogP contribution in [0.2, 0.25) is 0 Å². The molecular formula is C13H14N2O5S. The topological polar surface area (TPSA) is 110 Å². The Morgan fingerprint density at radius 3 is 2.67 bits per heavy atom. The molecule has 0 aliphatic heterocycles. The maximum atomic E-state index is 12.1. The zero-order chi connectivity index (χ0) is 15.6. The van der Waals surface area contributed by atoms with Gasteiger partial charge < -0.3 is 9.63 Å². The highest BCUT2D eigenvalue weighted by molar-refractivity contribution is 7.91. The Labute approximate surface area is 121 Å². The number of sulfonamides is 1. The summed E-state index contributed by atoms with van der Waals surface area (Å²) in [7, 11) is -3.70. The molecule has 0 fully saturated rings. The van der Waals surface area contributed by atoms with Crippen molar-refractivity contribution in [1.29, 1.82) is 0 Å². The summed E-state index contributed by atoms with van der Waals surface area (Å²) >= 11 is 0. The number of rotatable bonds is 5. The number of aromatic nitrogens is 1. The van der Waals surface area contributed by atoms with Crippen LogP contribution in [0.25, 0.3) is 0 Å². The van der Waals surface area contributed by atoms with Crippen LogP contribution in [0.3, 0.4) is 0 Å². The highest BCUT2D eigenvalue weighted by Gasteiger charge is 2.17. The second-order valence-corrected chi connectivity index (χ2v) is 6.30. The van der Waals surface area contributed by atoms with Gasteiger partial charge in [0.25, 0.3) is 0 Å². The number of aryl methyl sites for hydroxylation is 1. The second kappa shape index (κ2) is 5.57. The number of nitrogens with one attached hydrogen (secondary N) is 1. The maximum absolute atomic E-state index is 12.1. The average Bonchev–Trinajstić information content (AvgIpc) is 2.76. The van der Waals surface area contributed by atoms with Gasteiger partial charge in [0.2, 0.25) is 10.0 Å². The van der Waals surface area contributed by atoms with Gasteiger partial charge in [-0.2, -0.15) is 0 Å². The summed E-state index contributed by atoms with van der Waals surface area (Å²) in [6.07, 6.45) is 0. The zero-order valence-corrected chi connectivity index (χ0v) is 12.3. The van der Waals surface area contributed by atoms with Crippen molar-refractivity contribution < 1.29 is 22.8 Å². The van der Waals surface area contributed by atoms with E-state index in [9.17, 15) is 13.2 Å². The van der Waals surface area contributed by atoms with E-state index in [-0.39, 0.29) is 22.7 Å². The molecule has 8 heteroatoms. The molecule has 7 nitrogen and oxygen atoms in total. The summed E-state index contributed by atoms with van der Waals surface area (Å²) in [5.74, 6) is -0.939. The molecule has 2 N–H and O–H groups in total. The van der Waals surface area contributed by atoms with Crippen LogP contribution >= 0.6 is 0 Å². The molecule has 1 aromatic carbocycles. The predicted molar refractivity (Wildman–Crippen MR) is 75.6 cm³/mol. The van der Waals surface area contributed by atoms with Gasteiger partial charge in [0.1, 0.15) is 17.2 Å². The number of nitrogens with zero attached hydrogens (tertiary/aromatic N) is 1. The second-order valence-electron chi connectivity index (χ2n) is 4.57. The van der Waals surface area contributed by atoms with Gasteiger partial charge in [-0.3, -0.25) is 4.72 Å². The molecule has 0 aliphatic rings. The molecule has 0 bridgehead atoms. The van der Waals surface area contributed by atoms with Crippen LogP contribution in [0, 0.1) is 13.8 Å². The molecule has 0 unspecified atom stereocenters. The predicted octanol–water partition coefficient (Wildman–Crippen LogP) is 1.93. The minimum atomic E-state index is -3.70. The third kappa shape index (κ3) is 3.60. The summed E-state index contributed by atoms with van der Waals surface area (Å²) in [6.45, 7) is 3.21. The monoisotopic (exact) mass is 310 g/mol. The number of anilines is 1.